The van der Waals surface area contributed by atoms with Gasteiger partial charge in [-0.1, -0.05) is 6.08 Å². The molecule has 0 aliphatic rings. The van der Waals surface area contributed by atoms with Crippen LogP contribution in [0.15, 0.2) is 11.6 Å². The van der Waals surface area contributed by atoms with Crippen LogP contribution in [-0.2, 0) is 9.53 Å². The monoisotopic (exact) mass is 229 g/mol. The van der Waals surface area contributed by atoms with Crippen molar-refractivity contribution in [3.05, 3.63) is 11.6 Å². The highest BCUT2D eigenvalue weighted by Gasteiger charge is 2.15. The molecule has 0 saturated carbocycles. The fourth-order valence-electron chi connectivity index (χ4n) is 0.864. The summed E-state index contributed by atoms with van der Waals surface area (Å²) in [5.41, 5.74) is -0.248. The van der Waals surface area contributed by atoms with Gasteiger partial charge in [0.2, 0.25) is 0 Å². The Bertz CT molecular complexity index is 289. The van der Waals surface area contributed by atoms with Gasteiger partial charge in [0.05, 0.1) is 0 Å². The molecule has 5 heteroatoms. The zero-order chi connectivity index (χ0) is 12.8. The molecule has 0 saturated heterocycles. The van der Waals surface area contributed by atoms with E-state index in [1.54, 1.807) is 26.8 Å². The van der Waals surface area contributed by atoms with Crippen LogP contribution in [-0.4, -0.2) is 29.3 Å². The van der Waals surface area contributed by atoms with Crippen LogP contribution in [0, 0.1) is 0 Å². The third-order valence-corrected chi connectivity index (χ3v) is 1.60. The Kier molecular flexibility index (Phi) is 5.56. The second kappa shape index (κ2) is 6.15. The normalized spacial score (nSPS) is 12.1. The SMILES string of the molecule is C/C(=C\CCNC(=O)OC(C)(C)C)C(=O)O. The summed E-state index contributed by atoms with van der Waals surface area (Å²) in [7, 11) is 0. The molecule has 0 rings (SSSR count). The Morgan fingerprint density at radius 2 is 1.94 bits per heavy atom. The van der Waals surface area contributed by atoms with Gasteiger partial charge < -0.3 is 15.2 Å². The highest BCUT2D eigenvalue weighted by atomic mass is 16.6. The molecule has 0 radical (unpaired) electrons. The summed E-state index contributed by atoms with van der Waals surface area (Å²) in [6, 6.07) is 0. The first-order chi connectivity index (χ1) is 7.22. The third kappa shape index (κ3) is 7.84. The molecule has 0 aromatic rings. The van der Waals surface area contributed by atoms with Gasteiger partial charge in [-0.3, -0.25) is 0 Å². The van der Waals surface area contributed by atoms with Crippen LogP contribution in [0.4, 0.5) is 4.79 Å². The van der Waals surface area contributed by atoms with Crippen LogP contribution in [0.25, 0.3) is 0 Å². The Morgan fingerprint density at radius 1 is 1.38 bits per heavy atom. The van der Waals surface area contributed by atoms with Crippen LogP contribution in [0.1, 0.15) is 34.1 Å². The van der Waals surface area contributed by atoms with Gasteiger partial charge in [0.1, 0.15) is 5.60 Å². The topological polar surface area (TPSA) is 75.6 Å². The van der Waals surface area contributed by atoms with Gasteiger partial charge in [-0.25, -0.2) is 9.59 Å². The molecule has 0 aromatic heterocycles. The minimum atomic E-state index is -0.947. The third-order valence-electron chi connectivity index (χ3n) is 1.60. The summed E-state index contributed by atoms with van der Waals surface area (Å²) < 4.78 is 5.01. The number of carboxylic acid groups (broad SMARTS) is 1. The smallest absolute Gasteiger partial charge is 0.407 e. The van der Waals surface area contributed by atoms with Crippen LogP contribution in [0.5, 0.6) is 0 Å². The maximum atomic E-state index is 11.2. The number of nitrogens with one attached hydrogen (secondary N) is 1. The van der Waals surface area contributed by atoms with E-state index in [4.69, 9.17) is 9.84 Å². The molecule has 0 spiro atoms. The second-order valence-corrected chi connectivity index (χ2v) is 4.41. The molecular formula is C11H19NO4. The Morgan fingerprint density at radius 3 is 2.38 bits per heavy atom. The van der Waals surface area contributed by atoms with E-state index < -0.39 is 17.7 Å². The number of alkyl carbamates (subject to hydrolysis) is 1. The van der Waals surface area contributed by atoms with Crippen LogP contribution in [0.3, 0.4) is 0 Å². The van der Waals surface area contributed by atoms with Crippen molar-refractivity contribution < 1.29 is 19.4 Å². The van der Waals surface area contributed by atoms with E-state index in [9.17, 15) is 9.59 Å². The molecule has 0 aromatic carbocycles. The van der Waals surface area contributed by atoms with E-state index in [2.05, 4.69) is 5.32 Å². The summed E-state index contributed by atoms with van der Waals surface area (Å²) in [5, 5.41) is 11.1. The maximum Gasteiger partial charge on any atom is 0.407 e. The molecule has 2 N–H and O–H groups in total. The lowest BCUT2D eigenvalue weighted by atomic mass is 10.2. The highest BCUT2D eigenvalue weighted by molar-refractivity contribution is 5.85. The number of hydrogen-bond acceptors (Lipinski definition) is 3. The van der Waals surface area contributed by atoms with Crippen molar-refractivity contribution >= 4 is 12.1 Å². The van der Waals surface area contributed by atoms with Crippen LogP contribution in [0.2, 0.25) is 0 Å². The highest BCUT2D eigenvalue weighted by Crippen LogP contribution is 2.06. The standard InChI is InChI=1S/C11H19NO4/c1-8(9(13)14)6-5-7-12-10(15)16-11(2,3)4/h6H,5,7H2,1-4H3,(H,12,15)(H,13,14)/b8-6+. The summed E-state index contributed by atoms with van der Waals surface area (Å²) in [4.78, 5) is 21.6. The molecule has 92 valence electrons. The molecule has 0 atom stereocenters. The lowest BCUT2D eigenvalue weighted by Gasteiger charge is -2.19. The quantitative estimate of drug-likeness (QED) is 0.570. The van der Waals surface area contributed by atoms with Crippen molar-refractivity contribution in [2.75, 3.05) is 6.54 Å². The van der Waals surface area contributed by atoms with Crippen molar-refractivity contribution in [3.8, 4) is 0 Å². The number of hydrogen-bond donors (Lipinski definition) is 2. The molecule has 0 bridgehead atoms. The predicted molar refractivity (Wildman–Crippen MR) is 60.2 cm³/mol. The Hall–Kier alpha value is -1.52. The lowest BCUT2D eigenvalue weighted by molar-refractivity contribution is -0.132. The number of carbonyl (C=O) groups is 2. The van der Waals surface area contributed by atoms with E-state index in [0.29, 0.717) is 13.0 Å². The molecule has 0 aliphatic carbocycles. The minimum absolute atomic E-state index is 0.269. The summed E-state index contributed by atoms with van der Waals surface area (Å²) in [5.74, 6) is -0.947. The summed E-state index contributed by atoms with van der Waals surface area (Å²) >= 11 is 0. The van der Waals surface area contributed by atoms with E-state index in [1.807, 2.05) is 0 Å². The van der Waals surface area contributed by atoms with Gasteiger partial charge in [0.15, 0.2) is 0 Å². The van der Waals surface area contributed by atoms with Gasteiger partial charge in [-0.15, -0.1) is 0 Å². The van der Waals surface area contributed by atoms with Gasteiger partial charge >= 0.3 is 12.1 Å². The van der Waals surface area contributed by atoms with E-state index >= 15 is 0 Å². The number of aliphatic carboxylic acids is 1. The fourth-order valence-corrected chi connectivity index (χ4v) is 0.864. The van der Waals surface area contributed by atoms with E-state index in [0.717, 1.165) is 0 Å². The van der Waals surface area contributed by atoms with Gasteiger partial charge in [-0.05, 0) is 34.1 Å². The molecule has 0 unspecified atom stereocenters. The Balaban J connectivity index is 3.80. The summed E-state index contributed by atoms with van der Waals surface area (Å²) in [6.07, 6.45) is 1.53. The number of amides is 1. The van der Waals surface area contributed by atoms with E-state index in [1.165, 1.54) is 6.92 Å². The molecule has 0 fully saturated rings. The lowest BCUT2D eigenvalue weighted by Crippen LogP contribution is -2.32. The predicted octanol–water partition coefficient (Wildman–Crippen LogP) is 1.93. The van der Waals surface area contributed by atoms with Gasteiger partial charge in [0, 0.05) is 12.1 Å². The number of carbonyl (C=O) groups excluding carboxylic acids is 1. The van der Waals surface area contributed by atoms with Crippen molar-refractivity contribution in [3.63, 3.8) is 0 Å². The van der Waals surface area contributed by atoms with E-state index in [-0.39, 0.29) is 5.57 Å². The van der Waals surface area contributed by atoms with Gasteiger partial charge in [-0.2, -0.15) is 0 Å². The second-order valence-electron chi connectivity index (χ2n) is 4.41. The first-order valence-electron chi connectivity index (χ1n) is 5.09. The molecule has 5 nitrogen and oxygen atoms in total. The average Bonchev–Trinajstić information content (AvgIpc) is 2.08. The van der Waals surface area contributed by atoms with Gasteiger partial charge in [0.25, 0.3) is 0 Å². The molecule has 0 aliphatic heterocycles. The van der Waals surface area contributed by atoms with Crippen molar-refractivity contribution in [1.29, 1.82) is 0 Å². The maximum absolute atomic E-state index is 11.2. The Labute approximate surface area is 95.5 Å². The summed E-state index contributed by atoms with van der Waals surface area (Å²) in [6.45, 7) is 7.21. The minimum Gasteiger partial charge on any atom is -0.478 e. The zero-order valence-corrected chi connectivity index (χ0v) is 10.2. The molecule has 16 heavy (non-hydrogen) atoms. The number of carboxylic acids is 1. The molecule has 0 heterocycles. The largest absolute Gasteiger partial charge is 0.478 e. The number of rotatable bonds is 4. The van der Waals surface area contributed by atoms with Crippen LogP contribution < -0.4 is 5.32 Å². The zero-order valence-electron chi connectivity index (χ0n) is 10.2. The molecule has 1 amide bonds. The van der Waals surface area contributed by atoms with Crippen molar-refractivity contribution in [2.45, 2.75) is 39.7 Å². The number of ether oxygens (including phenoxy) is 1. The average molecular weight is 229 g/mol. The van der Waals surface area contributed by atoms with Crippen LogP contribution >= 0.6 is 0 Å². The van der Waals surface area contributed by atoms with Crippen molar-refractivity contribution in [2.24, 2.45) is 0 Å². The molecular weight excluding hydrogens is 210 g/mol. The first-order valence-corrected chi connectivity index (χ1v) is 5.09. The fraction of sp³-hybridized carbons (Fsp3) is 0.636. The van der Waals surface area contributed by atoms with Crippen molar-refractivity contribution in [1.82, 2.24) is 5.32 Å². The first kappa shape index (κ1) is 14.5.